The van der Waals surface area contributed by atoms with E-state index in [1.165, 1.54) is 11.8 Å². The van der Waals surface area contributed by atoms with E-state index in [-0.39, 0.29) is 17.4 Å². The summed E-state index contributed by atoms with van der Waals surface area (Å²) in [5.74, 6) is -0.316. The van der Waals surface area contributed by atoms with Gasteiger partial charge in [-0.05, 0) is 44.4 Å². The summed E-state index contributed by atoms with van der Waals surface area (Å²) in [6, 6.07) is 7.16. The summed E-state index contributed by atoms with van der Waals surface area (Å²) in [6.45, 7) is 9.69. The Kier molecular flexibility index (Phi) is 7.13. The molecular weight excluding hydrogens is 396 g/mol. The molecule has 0 radical (unpaired) electrons. The highest BCUT2D eigenvalue weighted by atomic mass is 35.5. The predicted octanol–water partition coefficient (Wildman–Crippen LogP) is 3.99. The first-order valence-electron chi connectivity index (χ1n) is 9.23. The van der Waals surface area contributed by atoms with Crippen molar-refractivity contribution >= 4 is 40.2 Å². The van der Waals surface area contributed by atoms with Crippen molar-refractivity contribution in [3.8, 4) is 6.07 Å². The molecule has 28 heavy (non-hydrogen) atoms. The van der Waals surface area contributed by atoms with Crippen LogP contribution in [0.5, 0.6) is 0 Å². The molecule has 1 aromatic carbocycles. The number of fused-ring (bicyclic) bond motifs is 1. The number of benzene rings is 1. The number of hydrogen-bond donors (Lipinski definition) is 1. The molecular formula is C20H25ClN4O2S. The Morgan fingerprint density at radius 2 is 2.11 bits per heavy atom. The van der Waals surface area contributed by atoms with E-state index in [9.17, 15) is 14.9 Å². The number of nitrogens with zero attached hydrogens (tertiary/aromatic N) is 3. The lowest BCUT2D eigenvalue weighted by molar-refractivity contribution is -0.121. The number of aromatic nitrogens is 2. The zero-order valence-electron chi connectivity index (χ0n) is 16.7. The number of carbonyl (C=O) groups excluding carboxylic acids is 1. The van der Waals surface area contributed by atoms with Crippen molar-refractivity contribution in [3.05, 3.63) is 33.6 Å². The van der Waals surface area contributed by atoms with Crippen molar-refractivity contribution in [2.75, 3.05) is 0 Å². The van der Waals surface area contributed by atoms with Crippen LogP contribution in [0.4, 0.5) is 0 Å². The molecule has 0 unspecified atom stereocenters. The van der Waals surface area contributed by atoms with Gasteiger partial charge in [0, 0.05) is 11.6 Å². The minimum atomic E-state index is -0.959. The third kappa shape index (κ3) is 4.68. The lowest BCUT2D eigenvalue weighted by Gasteiger charge is -2.28. The van der Waals surface area contributed by atoms with E-state index in [0.717, 1.165) is 6.42 Å². The summed E-state index contributed by atoms with van der Waals surface area (Å²) in [5, 5.41) is 13.2. The minimum Gasteiger partial charge on any atom is -0.337 e. The number of amides is 1. The fourth-order valence-electron chi connectivity index (χ4n) is 2.56. The molecule has 8 heteroatoms. The Bertz CT molecular complexity index is 983. The summed E-state index contributed by atoms with van der Waals surface area (Å²) in [6.07, 6.45) is 0.759. The van der Waals surface area contributed by atoms with E-state index in [2.05, 4.69) is 16.4 Å². The summed E-state index contributed by atoms with van der Waals surface area (Å²) in [4.78, 5) is 30.2. The van der Waals surface area contributed by atoms with Crippen LogP contribution >= 0.6 is 23.4 Å². The smallest absolute Gasteiger partial charge is 0.262 e. The monoisotopic (exact) mass is 420 g/mol. The fraction of sp³-hybridized carbons (Fsp3) is 0.500. The van der Waals surface area contributed by atoms with E-state index in [4.69, 9.17) is 11.6 Å². The molecule has 1 heterocycles. The van der Waals surface area contributed by atoms with Crippen LogP contribution in [0.3, 0.4) is 0 Å². The van der Waals surface area contributed by atoms with E-state index in [1.54, 1.807) is 36.6 Å². The molecule has 2 atom stereocenters. The Balaban J connectivity index is 2.39. The number of halogens is 1. The number of carbonyl (C=O) groups is 1. The minimum absolute atomic E-state index is 0.0437. The summed E-state index contributed by atoms with van der Waals surface area (Å²) in [7, 11) is 0. The Morgan fingerprint density at radius 3 is 2.68 bits per heavy atom. The fourth-order valence-corrected chi connectivity index (χ4v) is 3.66. The van der Waals surface area contributed by atoms with Crippen molar-refractivity contribution in [3.63, 3.8) is 0 Å². The second-order valence-electron chi connectivity index (χ2n) is 7.23. The van der Waals surface area contributed by atoms with Crippen molar-refractivity contribution < 1.29 is 4.79 Å². The maximum absolute atomic E-state index is 12.9. The second kappa shape index (κ2) is 8.97. The van der Waals surface area contributed by atoms with Crippen LogP contribution in [0.25, 0.3) is 10.9 Å². The molecule has 2 aromatic rings. The molecule has 0 aliphatic carbocycles. The molecule has 1 N–H and O–H groups in total. The first kappa shape index (κ1) is 22.3. The molecule has 0 aliphatic heterocycles. The van der Waals surface area contributed by atoms with Crippen molar-refractivity contribution in [2.45, 2.75) is 63.5 Å². The van der Waals surface area contributed by atoms with Gasteiger partial charge in [-0.1, -0.05) is 44.1 Å². The van der Waals surface area contributed by atoms with Crippen molar-refractivity contribution in [2.24, 2.45) is 5.92 Å². The molecule has 0 saturated heterocycles. The highest BCUT2D eigenvalue weighted by molar-refractivity contribution is 8.00. The van der Waals surface area contributed by atoms with Crippen LogP contribution in [0, 0.1) is 17.2 Å². The maximum Gasteiger partial charge on any atom is 0.262 e. The zero-order chi connectivity index (χ0) is 21.1. The predicted molar refractivity (Wildman–Crippen MR) is 114 cm³/mol. The van der Waals surface area contributed by atoms with Gasteiger partial charge in [0.25, 0.3) is 5.56 Å². The number of thioether (sulfide) groups is 1. The lowest BCUT2D eigenvalue weighted by atomic mass is 9.90. The van der Waals surface area contributed by atoms with Gasteiger partial charge in [0.05, 0.1) is 22.2 Å². The van der Waals surface area contributed by atoms with E-state index in [1.807, 2.05) is 20.8 Å². The van der Waals surface area contributed by atoms with Gasteiger partial charge in [-0.2, -0.15) is 5.26 Å². The Hall–Kier alpha value is -2.04. The van der Waals surface area contributed by atoms with Gasteiger partial charge >= 0.3 is 0 Å². The molecule has 1 amide bonds. The summed E-state index contributed by atoms with van der Waals surface area (Å²) >= 11 is 7.25. The van der Waals surface area contributed by atoms with Crippen LogP contribution in [0.2, 0.25) is 5.02 Å². The normalized spacial score (nSPS) is 14.5. The third-order valence-corrected chi connectivity index (χ3v) is 6.08. The van der Waals surface area contributed by atoms with Gasteiger partial charge in [-0.15, -0.1) is 0 Å². The second-order valence-corrected chi connectivity index (χ2v) is 8.98. The standard InChI is InChI=1S/C20H25ClN4O2S/c1-6-9-25-18(27)15-8-7-14(21)10-16(15)23-19(25)28-13(4)17(26)24-20(5,11-22)12(2)3/h7-8,10,12-13H,6,9H2,1-5H3,(H,24,26)/t13-,20-/m1/s1. The Morgan fingerprint density at radius 1 is 1.43 bits per heavy atom. The van der Waals surface area contributed by atoms with Crippen LogP contribution < -0.4 is 10.9 Å². The first-order valence-corrected chi connectivity index (χ1v) is 10.5. The Labute approximate surface area is 174 Å². The number of rotatable bonds is 7. The van der Waals surface area contributed by atoms with Crippen LogP contribution in [-0.2, 0) is 11.3 Å². The van der Waals surface area contributed by atoms with Gasteiger partial charge in [0.1, 0.15) is 5.54 Å². The lowest BCUT2D eigenvalue weighted by Crippen LogP contribution is -2.51. The molecule has 150 valence electrons. The van der Waals surface area contributed by atoms with Crippen LogP contribution in [0.1, 0.15) is 41.0 Å². The topological polar surface area (TPSA) is 87.8 Å². The molecule has 0 bridgehead atoms. The first-order chi connectivity index (χ1) is 13.1. The quantitative estimate of drug-likeness (QED) is 0.540. The third-order valence-electron chi connectivity index (χ3n) is 4.75. The molecule has 6 nitrogen and oxygen atoms in total. The molecule has 0 fully saturated rings. The molecule has 1 aromatic heterocycles. The molecule has 0 saturated carbocycles. The number of nitriles is 1. The number of hydrogen-bond acceptors (Lipinski definition) is 5. The SMILES string of the molecule is CCCn1c(S[C@H](C)C(=O)N[C@](C)(C#N)C(C)C)nc2cc(Cl)ccc2c1=O. The van der Waals surface area contributed by atoms with Gasteiger partial charge < -0.3 is 5.32 Å². The molecule has 0 aliphatic rings. The van der Waals surface area contributed by atoms with E-state index >= 15 is 0 Å². The summed E-state index contributed by atoms with van der Waals surface area (Å²) < 4.78 is 1.59. The zero-order valence-corrected chi connectivity index (χ0v) is 18.3. The molecule has 2 rings (SSSR count). The largest absolute Gasteiger partial charge is 0.337 e. The van der Waals surface area contributed by atoms with Gasteiger partial charge in [-0.25, -0.2) is 4.98 Å². The van der Waals surface area contributed by atoms with E-state index in [0.29, 0.717) is 27.6 Å². The van der Waals surface area contributed by atoms with Gasteiger partial charge in [0.15, 0.2) is 5.16 Å². The average Bonchev–Trinajstić information content (AvgIpc) is 2.64. The highest BCUT2D eigenvalue weighted by Crippen LogP contribution is 2.25. The average molecular weight is 421 g/mol. The highest BCUT2D eigenvalue weighted by Gasteiger charge is 2.32. The maximum atomic E-state index is 12.9. The van der Waals surface area contributed by atoms with Gasteiger partial charge in [-0.3, -0.25) is 14.2 Å². The van der Waals surface area contributed by atoms with E-state index < -0.39 is 10.8 Å². The summed E-state index contributed by atoms with van der Waals surface area (Å²) in [5.41, 5.74) is -0.606. The van der Waals surface area contributed by atoms with Crippen LogP contribution in [-0.4, -0.2) is 26.2 Å². The number of nitrogens with one attached hydrogen (secondary N) is 1. The van der Waals surface area contributed by atoms with Gasteiger partial charge in [0.2, 0.25) is 5.91 Å². The molecule has 0 spiro atoms. The van der Waals surface area contributed by atoms with Crippen molar-refractivity contribution in [1.29, 1.82) is 5.26 Å². The van der Waals surface area contributed by atoms with Crippen molar-refractivity contribution in [1.82, 2.24) is 14.9 Å². The van der Waals surface area contributed by atoms with Crippen LogP contribution in [0.15, 0.2) is 28.2 Å².